The van der Waals surface area contributed by atoms with Crippen LogP contribution in [0.4, 0.5) is 4.39 Å². The quantitative estimate of drug-likeness (QED) is 0.891. The van der Waals surface area contributed by atoms with Gasteiger partial charge in [0.25, 0.3) is 0 Å². The molecule has 1 unspecified atom stereocenters. The maximum Gasteiger partial charge on any atom is 0.123 e. The molecule has 0 aliphatic rings. The molecular formula is C16H17FO2. The van der Waals surface area contributed by atoms with Gasteiger partial charge in [0.2, 0.25) is 0 Å². The van der Waals surface area contributed by atoms with Crippen LogP contribution < -0.4 is 4.74 Å². The molecule has 100 valence electrons. The van der Waals surface area contributed by atoms with Crippen LogP contribution in [-0.4, -0.2) is 12.2 Å². The van der Waals surface area contributed by atoms with Gasteiger partial charge in [-0.15, -0.1) is 0 Å². The molecule has 2 nitrogen and oxygen atoms in total. The lowest BCUT2D eigenvalue weighted by Gasteiger charge is -2.13. The summed E-state index contributed by atoms with van der Waals surface area (Å²) in [6, 6.07) is 13.9. The molecule has 0 fully saturated rings. The number of aliphatic hydroxyl groups is 1. The van der Waals surface area contributed by atoms with Gasteiger partial charge in [0.1, 0.15) is 11.6 Å². The summed E-state index contributed by atoms with van der Waals surface area (Å²) in [5.74, 6) is 0.367. The summed E-state index contributed by atoms with van der Waals surface area (Å²) >= 11 is 0. The third-order valence-corrected chi connectivity index (χ3v) is 3.11. The molecule has 0 aliphatic heterocycles. The van der Waals surface area contributed by atoms with Crippen LogP contribution in [0.5, 0.6) is 5.75 Å². The zero-order valence-electron chi connectivity index (χ0n) is 10.8. The molecule has 19 heavy (non-hydrogen) atoms. The number of benzene rings is 2. The van der Waals surface area contributed by atoms with E-state index < -0.39 is 6.10 Å². The highest BCUT2D eigenvalue weighted by molar-refractivity contribution is 5.34. The van der Waals surface area contributed by atoms with Crippen molar-refractivity contribution in [1.29, 1.82) is 0 Å². The van der Waals surface area contributed by atoms with Crippen LogP contribution in [0, 0.1) is 5.82 Å². The molecule has 0 aliphatic carbocycles. The Hall–Kier alpha value is -1.87. The van der Waals surface area contributed by atoms with Crippen LogP contribution in [-0.2, 0) is 6.42 Å². The Morgan fingerprint density at radius 1 is 1.16 bits per heavy atom. The van der Waals surface area contributed by atoms with Crippen molar-refractivity contribution in [3.63, 3.8) is 0 Å². The van der Waals surface area contributed by atoms with E-state index in [1.165, 1.54) is 12.1 Å². The van der Waals surface area contributed by atoms with E-state index in [1.807, 2.05) is 30.3 Å². The van der Waals surface area contributed by atoms with Gasteiger partial charge in [0.15, 0.2) is 0 Å². The number of aliphatic hydroxyl groups excluding tert-OH is 1. The van der Waals surface area contributed by atoms with Crippen molar-refractivity contribution in [3.05, 3.63) is 65.5 Å². The summed E-state index contributed by atoms with van der Waals surface area (Å²) < 4.78 is 18.4. The fourth-order valence-corrected chi connectivity index (χ4v) is 2.08. The molecule has 2 aromatic carbocycles. The van der Waals surface area contributed by atoms with Gasteiger partial charge < -0.3 is 9.84 Å². The van der Waals surface area contributed by atoms with Gasteiger partial charge in [-0.3, -0.25) is 0 Å². The standard InChI is InChI=1S/C16H17FO2/c1-19-16-10-8-14(17)11-13(16)7-9-15(18)12-5-3-2-4-6-12/h2-6,8,10-11,15,18H,7,9H2,1H3. The van der Waals surface area contributed by atoms with Gasteiger partial charge in [0, 0.05) is 0 Å². The summed E-state index contributed by atoms with van der Waals surface area (Å²) in [7, 11) is 1.56. The second-order valence-corrected chi connectivity index (χ2v) is 4.42. The first-order chi connectivity index (χ1) is 9.20. The molecule has 0 heterocycles. The van der Waals surface area contributed by atoms with E-state index in [4.69, 9.17) is 4.74 Å². The summed E-state index contributed by atoms with van der Waals surface area (Å²) in [6.07, 6.45) is 0.551. The maximum absolute atomic E-state index is 13.2. The first-order valence-corrected chi connectivity index (χ1v) is 6.26. The predicted octanol–water partition coefficient (Wildman–Crippen LogP) is 3.50. The maximum atomic E-state index is 13.2. The van der Waals surface area contributed by atoms with Gasteiger partial charge in [-0.2, -0.15) is 0 Å². The van der Waals surface area contributed by atoms with Crippen LogP contribution in [0.3, 0.4) is 0 Å². The van der Waals surface area contributed by atoms with Crippen LogP contribution in [0.25, 0.3) is 0 Å². The lowest BCUT2D eigenvalue weighted by Crippen LogP contribution is -2.01. The van der Waals surface area contributed by atoms with E-state index in [0.717, 1.165) is 11.1 Å². The van der Waals surface area contributed by atoms with Gasteiger partial charge in [0.05, 0.1) is 13.2 Å². The lowest BCUT2D eigenvalue weighted by molar-refractivity contribution is 0.167. The molecule has 1 atom stereocenters. The normalized spacial score (nSPS) is 12.2. The van der Waals surface area contributed by atoms with E-state index in [2.05, 4.69) is 0 Å². The van der Waals surface area contributed by atoms with Crippen molar-refractivity contribution in [2.45, 2.75) is 18.9 Å². The minimum atomic E-state index is -0.547. The molecule has 0 saturated heterocycles. The average molecular weight is 260 g/mol. The van der Waals surface area contributed by atoms with Crippen LogP contribution >= 0.6 is 0 Å². The molecule has 2 rings (SSSR count). The Morgan fingerprint density at radius 2 is 1.89 bits per heavy atom. The van der Waals surface area contributed by atoms with E-state index in [0.29, 0.717) is 18.6 Å². The number of rotatable bonds is 5. The Morgan fingerprint density at radius 3 is 2.58 bits per heavy atom. The molecule has 0 saturated carbocycles. The Kier molecular flexibility index (Phi) is 4.53. The second kappa shape index (κ2) is 6.34. The predicted molar refractivity (Wildman–Crippen MR) is 72.7 cm³/mol. The van der Waals surface area contributed by atoms with Crippen molar-refractivity contribution in [3.8, 4) is 5.75 Å². The summed E-state index contributed by atoms with van der Waals surface area (Å²) in [6.45, 7) is 0. The van der Waals surface area contributed by atoms with E-state index >= 15 is 0 Å². The molecular weight excluding hydrogens is 243 g/mol. The summed E-state index contributed by atoms with van der Waals surface area (Å²) in [4.78, 5) is 0. The number of ether oxygens (including phenoxy) is 1. The van der Waals surface area contributed by atoms with Crippen molar-refractivity contribution in [2.24, 2.45) is 0 Å². The average Bonchev–Trinajstić information content (AvgIpc) is 2.46. The highest BCUT2D eigenvalue weighted by atomic mass is 19.1. The largest absolute Gasteiger partial charge is 0.496 e. The third-order valence-electron chi connectivity index (χ3n) is 3.11. The number of hydrogen-bond acceptors (Lipinski definition) is 2. The van der Waals surface area contributed by atoms with Gasteiger partial charge in [-0.25, -0.2) is 4.39 Å². The van der Waals surface area contributed by atoms with Crippen LogP contribution in [0.2, 0.25) is 0 Å². The SMILES string of the molecule is COc1ccc(F)cc1CCC(O)c1ccccc1. The van der Waals surface area contributed by atoms with Crippen molar-refractivity contribution in [2.75, 3.05) is 7.11 Å². The van der Waals surface area contributed by atoms with Crippen molar-refractivity contribution in [1.82, 2.24) is 0 Å². The van der Waals surface area contributed by atoms with Gasteiger partial charge in [-0.05, 0) is 42.2 Å². The first-order valence-electron chi connectivity index (χ1n) is 6.26. The highest BCUT2D eigenvalue weighted by Crippen LogP contribution is 2.24. The first kappa shape index (κ1) is 13.6. The van der Waals surface area contributed by atoms with Crippen molar-refractivity contribution >= 4 is 0 Å². The van der Waals surface area contributed by atoms with Gasteiger partial charge in [-0.1, -0.05) is 30.3 Å². The van der Waals surface area contributed by atoms with Crippen LogP contribution in [0.15, 0.2) is 48.5 Å². The molecule has 0 spiro atoms. The molecule has 2 aromatic rings. The summed E-state index contributed by atoms with van der Waals surface area (Å²) in [5, 5.41) is 10.1. The zero-order valence-corrected chi connectivity index (χ0v) is 10.8. The monoisotopic (exact) mass is 260 g/mol. The van der Waals surface area contributed by atoms with E-state index in [1.54, 1.807) is 13.2 Å². The Balaban J connectivity index is 2.04. The number of halogens is 1. The molecule has 0 amide bonds. The van der Waals surface area contributed by atoms with Crippen LogP contribution in [0.1, 0.15) is 23.7 Å². The zero-order chi connectivity index (χ0) is 13.7. The number of aryl methyl sites for hydroxylation is 1. The van der Waals surface area contributed by atoms with E-state index in [-0.39, 0.29) is 5.82 Å². The molecule has 3 heteroatoms. The van der Waals surface area contributed by atoms with Gasteiger partial charge >= 0.3 is 0 Å². The second-order valence-electron chi connectivity index (χ2n) is 4.42. The van der Waals surface area contributed by atoms with E-state index in [9.17, 15) is 9.50 Å². The molecule has 0 bridgehead atoms. The molecule has 0 radical (unpaired) electrons. The fraction of sp³-hybridized carbons (Fsp3) is 0.250. The molecule has 0 aromatic heterocycles. The summed E-state index contributed by atoms with van der Waals surface area (Å²) in [5.41, 5.74) is 1.65. The molecule has 1 N–H and O–H groups in total. The highest BCUT2D eigenvalue weighted by Gasteiger charge is 2.10. The number of hydrogen-bond donors (Lipinski definition) is 1. The fourth-order valence-electron chi connectivity index (χ4n) is 2.08. The minimum absolute atomic E-state index is 0.287. The topological polar surface area (TPSA) is 29.5 Å². The third kappa shape index (κ3) is 3.55. The minimum Gasteiger partial charge on any atom is -0.496 e. The smallest absolute Gasteiger partial charge is 0.123 e. The Labute approximate surface area is 112 Å². The lowest BCUT2D eigenvalue weighted by atomic mass is 10.0. The Bertz CT molecular complexity index is 526. The number of methoxy groups -OCH3 is 1. The van der Waals surface area contributed by atoms with Crippen molar-refractivity contribution < 1.29 is 14.2 Å².